The molecule has 0 radical (unpaired) electrons. The van der Waals surface area contributed by atoms with Gasteiger partial charge in [0.25, 0.3) is 11.8 Å². The van der Waals surface area contributed by atoms with Crippen molar-refractivity contribution in [3.63, 3.8) is 0 Å². The SMILES string of the molecule is O=C(Nc1ccc(Oc2ccc(NC(=O)/C(Cl)=C\c3ccccc3)cc2)cc1)/C(Cl)=C\c1ccccc1. The van der Waals surface area contributed by atoms with Crippen LogP contribution < -0.4 is 15.4 Å². The average molecular weight is 529 g/mol. The van der Waals surface area contributed by atoms with E-state index in [0.717, 1.165) is 11.1 Å². The lowest BCUT2D eigenvalue weighted by Crippen LogP contribution is -2.11. The molecule has 4 rings (SSSR count). The molecule has 7 heteroatoms. The third-order valence-electron chi connectivity index (χ3n) is 5.08. The Morgan fingerprint density at radius 2 is 0.892 bits per heavy atom. The van der Waals surface area contributed by atoms with E-state index in [2.05, 4.69) is 10.6 Å². The van der Waals surface area contributed by atoms with Crippen molar-refractivity contribution in [2.45, 2.75) is 0 Å². The van der Waals surface area contributed by atoms with Crippen molar-refractivity contribution in [2.75, 3.05) is 10.6 Å². The first-order valence-corrected chi connectivity index (χ1v) is 12.1. The van der Waals surface area contributed by atoms with Crippen LogP contribution in [-0.4, -0.2) is 11.8 Å². The summed E-state index contributed by atoms with van der Waals surface area (Å²) in [4.78, 5) is 24.7. The van der Waals surface area contributed by atoms with Gasteiger partial charge in [0.2, 0.25) is 0 Å². The minimum Gasteiger partial charge on any atom is -0.457 e. The number of carbonyl (C=O) groups excluding carboxylic acids is 2. The summed E-state index contributed by atoms with van der Waals surface area (Å²) in [6, 6.07) is 32.5. The van der Waals surface area contributed by atoms with Crippen LogP contribution in [0, 0.1) is 0 Å². The lowest BCUT2D eigenvalue weighted by atomic mass is 10.2. The molecule has 0 saturated carbocycles. The van der Waals surface area contributed by atoms with Gasteiger partial charge in [-0.2, -0.15) is 0 Å². The van der Waals surface area contributed by atoms with E-state index in [4.69, 9.17) is 27.9 Å². The fourth-order valence-electron chi connectivity index (χ4n) is 3.25. The summed E-state index contributed by atoms with van der Waals surface area (Å²) in [5.74, 6) is 0.343. The summed E-state index contributed by atoms with van der Waals surface area (Å²) in [5.41, 5.74) is 2.83. The highest BCUT2D eigenvalue weighted by Gasteiger charge is 2.09. The normalized spacial score (nSPS) is 11.5. The van der Waals surface area contributed by atoms with Crippen molar-refractivity contribution in [1.82, 2.24) is 0 Å². The molecule has 0 aliphatic carbocycles. The third-order valence-corrected chi connectivity index (χ3v) is 5.64. The highest BCUT2D eigenvalue weighted by molar-refractivity contribution is 6.46. The second kappa shape index (κ2) is 12.6. The number of carbonyl (C=O) groups is 2. The predicted octanol–water partition coefficient (Wildman–Crippen LogP) is 7.92. The van der Waals surface area contributed by atoms with Crippen LogP contribution in [-0.2, 0) is 9.59 Å². The standard InChI is InChI=1S/C30H22Cl2N2O3/c31-27(19-21-7-3-1-4-8-21)29(35)33-23-11-15-25(16-12-23)37-26-17-13-24(14-18-26)34-30(36)28(32)20-22-9-5-2-6-10-22/h1-20H,(H,33,35)(H,34,36)/b27-19+,28-20+. The highest BCUT2D eigenvalue weighted by Crippen LogP contribution is 2.25. The summed E-state index contributed by atoms with van der Waals surface area (Å²) in [6.07, 6.45) is 3.21. The molecule has 0 bridgehead atoms. The van der Waals surface area contributed by atoms with Gasteiger partial charge in [0.1, 0.15) is 21.6 Å². The predicted molar refractivity (Wildman–Crippen MR) is 151 cm³/mol. The van der Waals surface area contributed by atoms with Crippen molar-refractivity contribution >= 4 is 58.5 Å². The number of anilines is 2. The minimum atomic E-state index is -0.407. The van der Waals surface area contributed by atoms with Gasteiger partial charge in [0.15, 0.2) is 0 Å². The molecular weight excluding hydrogens is 507 g/mol. The van der Waals surface area contributed by atoms with E-state index >= 15 is 0 Å². The zero-order valence-corrected chi connectivity index (χ0v) is 21.0. The van der Waals surface area contributed by atoms with Gasteiger partial charge < -0.3 is 15.4 Å². The Balaban J connectivity index is 1.31. The Morgan fingerprint density at radius 3 is 1.24 bits per heavy atom. The molecule has 4 aromatic carbocycles. The molecule has 5 nitrogen and oxygen atoms in total. The van der Waals surface area contributed by atoms with Gasteiger partial charge in [-0.3, -0.25) is 9.59 Å². The van der Waals surface area contributed by atoms with Crippen molar-refractivity contribution < 1.29 is 14.3 Å². The molecule has 0 aliphatic heterocycles. The molecule has 184 valence electrons. The largest absolute Gasteiger partial charge is 0.457 e. The van der Waals surface area contributed by atoms with E-state index in [-0.39, 0.29) is 10.1 Å². The Kier molecular flexibility index (Phi) is 8.76. The van der Waals surface area contributed by atoms with Crippen molar-refractivity contribution in [3.8, 4) is 11.5 Å². The summed E-state index contributed by atoms with van der Waals surface area (Å²) in [7, 11) is 0. The number of hydrogen-bond acceptors (Lipinski definition) is 3. The van der Waals surface area contributed by atoms with Crippen LogP contribution in [0.1, 0.15) is 11.1 Å². The molecule has 0 aromatic heterocycles. The molecule has 0 unspecified atom stereocenters. The van der Waals surface area contributed by atoms with Crippen molar-refractivity contribution in [3.05, 3.63) is 130 Å². The van der Waals surface area contributed by atoms with Gasteiger partial charge in [0.05, 0.1) is 0 Å². The molecule has 0 atom stereocenters. The molecule has 37 heavy (non-hydrogen) atoms. The number of amides is 2. The quantitative estimate of drug-likeness (QED) is 0.228. The number of halogens is 2. The van der Waals surface area contributed by atoms with Crippen LogP contribution in [0.3, 0.4) is 0 Å². The van der Waals surface area contributed by atoms with Crippen LogP contribution in [0.5, 0.6) is 11.5 Å². The fourth-order valence-corrected chi connectivity index (χ4v) is 3.60. The first kappa shape index (κ1) is 25.8. The van der Waals surface area contributed by atoms with E-state index in [1.54, 1.807) is 60.7 Å². The molecule has 0 saturated heterocycles. The Hall–Kier alpha value is -4.32. The van der Waals surface area contributed by atoms with Crippen molar-refractivity contribution in [1.29, 1.82) is 0 Å². The topological polar surface area (TPSA) is 67.4 Å². The van der Waals surface area contributed by atoms with E-state index in [1.165, 1.54) is 0 Å². The molecule has 0 heterocycles. The summed E-state index contributed by atoms with van der Waals surface area (Å²) in [6.45, 7) is 0. The summed E-state index contributed by atoms with van der Waals surface area (Å²) in [5, 5.41) is 5.66. The molecular formula is C30H22Cl2N2O3. The first-order valence-electron chi connectivity index (χ1n) is 11.3. The van der Waals surface area contributed by atoms with Crippen LogP contribution in [0.2, 0.25) is 0 Å². The lowest BCUT2D eigenvalue weighted by Gasteiger charge is -2.09. The Morgan fingerprint density at radius 1 is 0.541 bits per heavy atom. The van der Waals surface area contributed by atoms with Gasteiger partial charge >= 0.3 is 0 Å². The number of nitrogens with one attached hydrogen (secondary N) is 2. The average Bonchev–Trinajstić information content (AvgIpc) is 2.92. The molecule has 4 aromatic rings. The molecule has 2 amide bonds. The second-order valence-corrected chi connectivity index (χ2v) is 8.68. The lowest BCUT2D eigenvalue weighted by molar-refractivity contribution is -0.113. The van der Waals surface area contributed by atoms with E-state index in [1.807, 2.05) is 60.7 Å². The molecule has 2 N–H and O–H groups in total. The summed E-state index contributed by atoms with van der Waals surface area (Å²) >= 11 is 12.3. The van der Waals surface area contributed by atoms with E-state index < -0.39 is 11.8 Å². The number of hydrogen-bond donors (Lipinski definition) is 2. The first-order chi connectivity index (χ1) is 18.0. The number of benzene rings is 4. The molecule has 0 spiro atoms. The van der Waals surface area contributed by atoms with E-state index in [0.29, 0.717) is 22.9 Å². The minimum absolute atomic E-state index is 0.0792. The van der Waals surface area contributed by atoms with E-state index in [9.17, 15) is 9.59 Å². The Labute approximate surface area is 225 Å². The smallest absolute Gasteiger partial charge is 0.267 e. The maximum Gasteiger partial charge on any atom is 0.267 e. The zero-order chi connectivity index (χ0) is 26.0. The van der Waals surface area contributed by atoms with Gasteiger partial charge in [-0.15, -0.1) is 0 Å². The molecule has 0 aliphatic rings. The molecule has 0 fully saturated rings. The van der Waals surface area contributed by atoms with Gasteiger partial charge in [-0.25, -0.2) is 0 Å². The second-order valence-electron chi connectivity index (χ2n) is 7.86. The monoisotopic (exact) mass is 528 g/mol. The van der Waals surface area contributed by atoms with Gasteiger partial charge in [0, 0.05) is 11.4 Å². The summed E-state index contributed by atoms with van der Waals surface area (Å²) < 4.78 is 5.85. The highest BCUT2D eigenvalue weighted by atomic mass is 35.5. The van der Waals surface area contributed by atoms with Crippen LogP contribution >= 0.6 is 23.2 Å². The Bertz CT molecular complexity index is 1310. The maximum absolute atomic E-state index is 12.4. The van der Waals surface area contributed by atoms with Gasteiger partial charge in [-0.05, 0) is 71.8 Å². The number of rotatable bonds is 8. The zero-order valence-electron chi connectivity index (χ0n) is 19.5. The fraction of sp³-hybridized carbons (Fsp3) is 0. The van der Waals surface area contributed by atoms with Crippen LogP contribution in [0.25, 0.3) is 12.2 Å². The van der Waals surface area contributed by atoms with Crippen LogP contribution in [0.4, 0.5) is 11.4 Å². The third kappa shape index (κ3) is 7.84. The maximum atomic E-state index is 12.4. The van der Waals surface area contributed by atoms with Crippen LogP contribution in [0.15, 0.2) is 119 Å². The number of ether oxygens (including phenoxy) is 1. The van der Waals surface area contributed by atoms with Crippen molar-refractivity contribution in [2.24, 2.45) is 0 Å². The van der Waals surface area contributed by atoms with Gasteiger partial charge in [-0.1, -0.05) is 83.9 Å².